The second kappa shape index (κ2) is 6.99. The van der Waals surface area contributed by atoms with Gasteiger partial charge in [-0.2, -0.15) is 5.26 Å². The van der Waals surface area contributed by atoms with Crippen molar-refractivity contribution in [3.05, 3.63) is 27.2 Å². The first kappa shape index (κ1) is 18.0. The molecule has 0 aliphatic carbocycles. The summed E-state index contributed by atoms with van der Waals surface area (Å²) in [5, 5.41) is 13.9. The third kappa shape index (κ3) is 3.09. The number of nitrogens with one attached hydrogen (secondary N) is 1. The molecule has 3 saturated heterocycles. The van der Waals surface area contributed by atoms with Gasteiger partial charge >= 0.3 is 0 Å². The number of halogens is 3. The quantitative estimate of drug-likeness (QED) is 0.607. The van der Waals surface area contributed by atoms with Gasteiger partial charge in [0.05, 0.1) is 33.7 Å². The zero-order valence-electron chi connectivity index (χ0n) is 14.1. The van der Waals surface area contributed by atoms with Crippen molar-refractivity contribution in [1.82, 2.24) is 10.2 Å². The Hall–Kier alpha value is -1.35. The smallest absolute Gasteiger partial charge is 0.225 e. The number of nitrogens with zero attached hydrogens (tertiary/aromatic N) is 3. The highest BCUT2D eigenvalue weighted by Gasteiger charge is 2.47. The Bertz CT molecular complexity index is 780. The first-order valence-electron chi connectivity index (χ1n) is 8.86. The fourth-order valence-electron chi connectivity index (χ4n) is 4.57. The maximum absolute atomic E-state index is 12.7. The molecule has 138 valence electrons. The molecule has 0 saturated carbocycles. The van der Waals surface area contributed by atoms with Crippen LogP contribution < -0.4 is 10.2 Å². The normalized spacial score (nSPS) is 29.9. The van der Waals surface area contributed by atoms with Gasteiger partial charge < -0.3 is 15.1 Å². The van der Waals surface area contributed by atoms with Crippen LogP contribution in [0.25, 0.3) is 0 Å². The summed E-state index contributed by atoms with van der Waals surface area (Å²) in [6.45, 7) is 1.32. The van der Waals surface area contributed by atoms with Gasteiger partial charge in [-0.05, 0) is 37.8 Å². The maximum Gasteiger partial charge on any atom is 0.225 e. The topological polar surface area (TPSA) is 59.4 Å². The molecule has 1 N–H and O–H groups in total. The highest BCUT2D eigenvalue weighted by molar-refractivity contribution is 6.45. The van der Waals surface area contributed by atoms with Gasteiger partial charge in [-0.3, -0.25) is 4.79 Å². The number of fused-ring (bicyclic) bond motifs is 2. The SMILES string of the molecule is N#CN1[C@H]2CC[C@@H]1[C@H](NC(=O)C1CCN(c3cc(Cl)cc(Cl)c3Cl)C1)C2. The predicted molar refractivity (Wildman–Crippen MR) is 103 cm³/mol. The first-order chi connectivity index (χ1) is 12.5. The molecule has 1 aromatic rings. The molecular formula is C18H19Cl3N4O. The van der Waals surface area contributed by atoms with E-state index in [0.717, 1.165) is 37.9 Å². The number of hydrogen-bond acceptors (Lipinski definition) is 4. The van der Waals surface area contributed by atoms with Crippen LogP contribution >= 0.6 is 34.8 Å². The highest BCUT2D eigenvalue weighted by Crippen LogP contribution is 2.39. The molecule has 1 amide bonds. The molecular weight excluding hydrogens is 395 g/mol. The fourth-order valence-corrected chi connectivity index (χ4v) is 5.28. The summed E-state index contributed by atoms with van der Waals surface area (Å²) in [5.41, 5.74) is 0.773. The molecule has 3 aliphatic rings. The molecule has 3 fully saturated rings. The lowest BCUT2D eigenvalue weighted by Crippen LogP contribution is -2.46. The number of anilines is 1. The van der Waals surface area contributed by atoms with Crippen molar-refractivity contribution in [3.63, 3.8) is 0 Å². The molecule has 1 aromatic carbocycles. The molecule has 3 aliphatic heterocycles. The Morgan fingerprint density at radius 1 is 1.23 bits per heavy atom. The Balaban J connectivity index is 1.40. The van der Waals surface area contributed by atoms with Gasteiger partial charge in [0.15, 0.2) is 6.19 Å². The van der Waals surface area contributed by atoms with E-state index in [9.17, 15) is 10.1 Å². The number of amides is 1. The van der Waals surface area contributed by atoms with Crippen LogP contribution in [0, 0.1) is 17.4 Å². The monoisotopic (exact) mass is 412 g/mol. The van der Waals surface area contributed by atoms with E-state index in [1.165, 1.54) is 0 Å². The molecule has 1 unspecified atom stereocenters. The summed E-state index contributed by atoms with van der Waals surface area (Å²) in [5.74, 6) is -0.0364. The average molecular weight is 414 g/mol. The van der Waals surface area contributed by atoms with Gasteiger partial charge in [-0.15, -0.1) is 0 Å². The molecule has 3 heterocycles. The molecule has 8 heteroatoms. The summed E-state index contributed by atoms with van der Waals surface area (Å²) in [6, 6.07) is 3.94. The van der Waals surface area contributed by atoms with Gasteiger partial charge in [0.1, 0.15) is 0 Å². The third-order valence-electron chi connectivity index (χ3n) is 5.85. The van der Waals surface area contributed by atoms with Crippen LogP contribution in [0.1, 0.15) is 25.7 Å². The summed E-state index contributed by atoms with van der Waals surface area (Å²) < 4.78 is 0. The molecule has 5 nitrogen and oxygen atoms in total. The number of rotatable bonds is 3. The number of benzene rings is 1. The molecule has 4 atom stereocenters. The second-order valence-corrected chi connectivity index (χ2v) is 8.53. The van der Waals surface area contributed by atoms with Crippen LogP contribution in [0.5, 0.6) is 0 Å². The number of carbonyl (C=O) groups excluding carboxylic acids is 1. The van der Waals surface area contributed by atoms with E-state index in [1.807, 2.05) is 4.90 Å². The van der Waals surface area contributed by atoms with Crippen molar-refractivity contribution in [2.24, 2.45) is 5.92 Å². The number of nitriles is 1. The van der Waals surface area contributed by atoms with Crippen LogP contribution in [0.15, 0.2) is 12.1 Å². The van der Waals surface area contributed by atoms with E-state index < -0.39 is 0 Å². The van der Waals surface area contributed by atoms with E-state index in [2.05, 4.69) is 16.4 Å². The van der Waals surface area contributed by atoms with Crippen molar-refractivity contribution >= 4 is 46.4 Å². The van der Waals surface area contributed by atoms with Gasteiger partial charge in [-0.25, -0.2) is 0 Å². The lowest BCUT2D eigenvalue weighted by Gasteiger charge is -2.24. The van der Waals surface area contributed by atoms with E-state index in [-0.39, 0.29) is 23.9 Å². The average Bonchev–Trinajstić information content (AvgIpc) is 3.31. The van der Waals surface area contributed by atoms with Crippen molar-refractivity contribution in [2.75, 3.05) is 18.0 Å². The van der Waals surface area contributed by atoms with Crippen LogP contribution in [-0.4, -0.2) is 42.0 Å². The summed E-state index contributed by atoms with van der Waals surface area (Å²) >= 11 is 18.5. The second-order valence-electron chi connectivity index (χ2n) is 7.31. The Labute approximate surface area is 167 Å². The highest BCUT2D eigenvalue weighted by atomic mass is 35.5. The summed E-state index contributed by atoms with van der Waals surface area (Å²) in [4.78, 5) is 16.7. The minimum Gasteiger partial charge on any atom is -0.369 e. The molecule has 26 heavy (non-hydrogen) atoms. The third-order valence-corrected chi connectivity index (χ3v) is 6.86. The lowest BCUT2D eigenvalue weighted by atomic mass is 9.95. The number of hydrogen-bond donors (Lipinski definition) is 1. The van der Waals surface area contributed by atoms with E-state index >= 15 is 0 Å². The van der Waals surface area contributed by atoms with E-state index in [0.29, 0.717) is 27.7 Å². The molecule has 0 aromatic heterocycles. The largest absolute Gasteiger partial charge is 0.369 e. The minimum atomic E-state index is -0.0986. The summed E-state index contributed by atoms with van der Waals surface area (Å²) in [6.07, 6.45) is 5.94. The van der Waals surface area contributed by atoms with Crippen molar-refractivity contribution in [1.29, 1.82) is 5.26 Å². The zero-order chi connectivity index (χ0) is 18.4. The van der Waals surface area contributed by atoms with Crippen molar-refractivity contribution < 1.29 is 4.79 Å². The van der Waals surface area contributed by atoms with Gasteiger partial charge in [0.2, 0.25) is 5.91 Å². The molecule has 4 rings (SSSR count). The lowest BCUT2D eigenvalue weighted by molar-refractivity contribution is -0.125. The van der Waals surface area contributed by atoms with Crippen LogP contribution in [0.2, 0.25) is 15.1 Å². The Kier molecular flexibility index (Phi) is 4.85. The predicted octanol–water partition coefficient (Wildman–Crippen LogP) is 3.68. The Morgan fingerprint density at radius 3 is 2.77 bits per heavy atom. The van der Waals surface area contributed by atoms with Gasteiger partial charge in [0.25, 0.3) is 0 Å². The number of carbonyl (C=O) groups is 1. The van der Waals surface area contributed by atoms with E-state index in [1.54, 1.807) is 12.1 Å². The minimum absolute atomic E-state index is 0.0622. The standard InChI is InChI=1S/C18H19Cl3N4O/c19-11-5-13(20)17(21)16(6-11)24-4-3-10(8-24)18(26)23-14-7-12-1-2-15(14)25(12)9-22/h5-6,10,12,14-15H,1-4,7-8H2,(H,23,26)/t10?,12-,14+,15+/m0/s1. The van der Waals surface area contributed by atoms with E-state index in [4.69, 9.17) is 34.8 Å². The first-order valence-corrected chi connectivity index (χ1v) is 9.99. The van der Waals surface area contributed by atoms with Crippen LogP contribution in [0.3, 0.4) is 0 Å². The summed E-state index contributed by atoms with van der Waals surface area (Å²) in [7, 11) is 0. The fraction of sp³-hybridized carbons (Fsp3) is 0.556. The Morgan fingerprint density at radius 2 is 2.04 bits per heavy atom. The van der Waals surface area contributed by atoms with Crippen molar-refractivity contribution in [2.45, 2.75) is 43.8 Å². The zero-order valence-corrected chi connectivity index (χ0v) is 16.4. The van der Waals surface area contributed by atoms with Crippen molar-refractivity contribution in [3.8, 4) is 6.19 Å². The van der Waals surface area contributed by atoms with Crippen LogP contribution in [-0.2, 0) is 4.79 Å². The van der Waals surface area contributed by atoms with Crippen LogP contribution in [0.4, 0.5) is 5.69 Å². The molecule has 0 radical (unpaired) electrons. The maximum atomic E-state index is 12.7. The van der Waals surface area contributed by atoms with Gasteiger partial charge in [-0.1, -0.05) is 34.8 Å². The molecule has 2 bridgehead atoms. The molecule has 0 spiro atoms. The van der Waals surface area contributed by atoms with Gasteiger partial charge in [0, 0.05) is 24.2 Å².